The van der Waals surface area contributed by atoms with Crippen molar-refractivity contribution < 1.29 is 4.74 Å². The molecule has 0 fully saturated rings. The maximum atomic E-state index is 7.61. The number of aromatic nitrogens is 5. The quantitative estimate of drug-likeness (QED) is 0.166. The molecule has 196 valence electrons. The first-order valence-corrected chi connectivity index (χ1v) is 13.3. The molecule has 3 aromatic carbocycles. The Morgan fingerprint density at radius 1 is 0.690 bits per heavy atom. The number of hydrogen-bond acceptors (Lipinski definition) is 4. The fraction of sp³-hybridized carbons (Fsp3) is 0.0294. The Labute approximate surface area is 239 Å². The molecule has 0 atom stereocenters. The van der Waals surface area contributed by atoms with Gasteiger partial charge in [-0.1, -0.05) is 30.3 Å². The molecule has 42 heavy (non-hydrogen) atoms. The van der Waals surface area contributed by atoms with Crippen molar-refractivity contribution >= 4 is 60.5 Å². The van der Waals surface area contributed by atoms with Gasteiger partial charge in [0.15, 0.2) is 11.4 Å². The Bertz CT molecular complexity index is 2480. The minimum absolute atomic E-state index is 0.309. The van der Waals surface area contributed by atoms with Gasteiger partial charge in [-0.25, -0.2) is 14.5 Å². The van der Waals surface area contributed by atoms with Crippen molar-refractivity contribution in [2.75, 3.05) is 0 Å². The Kier molecular flexibility index (Phi) is 5.00. The summed E-state index contributed by atoms with van der Waals surface area (Å²) in [4.78, 5) is 16.7. The first kappa shape index (κ1) is 23.6. The smallest absolute Gasteiger partial charge is 0.219 e. The van der Waals surface area contributed by atoms with E-state index in [-0.39, 0.29) is 0 Å². The predicted molar refractivity (Wildman–Crippen MR) is 164 cm³/mol. The second-order valence-electron chi connectivity index (χ2n) is 10.0. The second-order valence-corrected chi connectivity index (χ2v) is 10.0. The lowest BCUT2D eigenvalue weighted by molar-refractivity contribution is 0.466. The van der Waals surface area contributed by atoms with E-state index in [1.807, 2.05) is 82.7 Å². The third-order valence-corrected chi connectivity index (χ3v) is 7.54. The Morgan fingerprint density at radius 2 is 1.45 bits per heavy atom. The summed E-state index contributed by atoms with van der Waals surface area (Å²) in [5.41, 5.74) is 5.96. The predicted octanol–water partition coefficient (Wildman–Crippen LogP) is 8.73. The zero-order valence-corrected chi connectivity index (χ0v) is 22.3. The normalized spacial score (nSPS) is 11.4. The average molecular weight is 542 g/mol. The molecule has 0 saturated carbocycles. The molecule has 0 unspecified atom stereocenters. The molecule has 0 amide bonds. The lowest BCUT2D eigenvalue weighted by atomic mass is 10.1. The molecular formula is C34H19N7O. The van der Waals surface area contributed by atoms with Gasteiger partial charge in [-0.3, -0.25) is 14.3 Å². The molecular weight excluding hydrogens is 522 g/mol. The van der Waals surface area contributed by atoms with Crippen LogP contribution in [0.25, 0.3) is 64.6 Å². The third kappa shape index (κ3) is 3.43. The summed E-state index contributed by atoms with van der Waals surface area (Å²) < 4.78 is 10.3. The standard InChI is InChI=1S/C34H19N7O/c1-20-16-31-34-24(22-8-4-5-9-28(22)41(31)39-20)13-14-33(38-34)42-21-11-12-23-25-18-26(35-2)27(36-3)19-30(25)40(29(23)17-21)32-10-6-7-15-37-32/h4-19H,1H3. The zero-order valence-electron chi connectivity index (χ0n) is 22.3. The first-order chi connectivity index (χ1) is 20.6. The van der Waals surface area contributed by atoms with Gasteiger partial charge in [0.25, 0.3) is 0 Å². The zero-order chi connectivity index (χ0) is 28.4. The number of para-hydroxylation sites is 1. The van der Waals surface area contributed by atoms with Crippen molar-refractivity contribution in [1.82, 2.24) is 24.1 Å². The number of benzene rings is 3. The van der Waals surface area contributed by atoms with Crippen LogP contribution in [-0.2, 0) is 0 Å². The van der Waals surface area contributed by atoms with Crippen LogP contribution in [0.3, 0.4) is 0 Å². The molecule has 0 spiro atoms. The van der Waals surface area contributed by atoms with Gasteiger partial charge in [-0.2, -0.15) is 5.10 Å². The van der Waals surface area contributed by atoms with E-state index in [2.05, 4.69) is 26.8 Å². The maximum Gasteiger partial charge on any atom is 0.219 e. The molecule has 5 heterocycles. The molecule has 0 saturated heterocycles. The van der Waals surface area contributed by atoms with E-state index in [4.69, 9.17) is 28.0 Å². The topological polar surface area (TPSA) is 66.0 Å². The Morgan fingerprint density at radius 3 is 2.29 bits per heavy atom. The molecule has 0 bridgehead atoms. The lowest BCUT2D eigenvalue weighted by Crippen LogP contribution is -1.97. The largest absolute Gasteiger partial charge is 0.439 e. The van der Waals surface area contributed by atoms with Crippen LogP contribution >= 0.6 is 0 Å². The Hall–Kier alpha value is -6.25. The van der Waals surface area contributed by atoms with Gasteiger partial charge in [-0.15, -0.1) is 0 Å². The van der Waals surface area contributed by atoms with E-state index in [0.29, 0.717) is 28.8 Å². The lowest BCUT2D eigenvalue weighted by Gasteiger charge is -2.11. The molecule has 0 radical (unpaired) electrons. The van der Waals surface area contributed by atoms with Crippen molar-refractivity contribution in [3.8, 4) is 17.4 Å². The van der Waals surface area contributed by atoms with Gasteiger partial charge >= 0.3 is 0 Å². The van der Waals surface area contributed by atoms with E-state index in [0.717, 1.165) is 54.8 Å². The van der Waals surface area contributed by atoms with Crippen molar-refractivity contribution in [2.45, 2.75) is 6.92 Å². The summed E-state index contributed by atoms with van der Waals surface area (Å²) in [6.45, 7) is 17.2. The number of pyridine rings is 3. The number of hydrogen-bond donors (Lipinski definition) is 0. The maximum absolute atomic E-state index is 7.61. The van der Waals surface area contributed by atoms with Crippen LogP contribution in [0.1, 0.15) is 5.69 Å². The van der Waals surface area contributed by atoms with E-state index in [1.54, 1.807) is 18.3 Å². The number of nitrogens with zero attached hydrogens (tertiary/aromatic N) is 7. The SMILES string of the molecule is [C-]#[N+]c1cc2c3ccc(Oc4ccc5c6ccccc6n6nc(C)cc6c5n4)cc3n(-c3ccccn3)c2cc1[N+]#[C-]. The summed E-state index contributed by atoms with van der Waals surface area (Å²) >= 11 is 0. The molecule has 8 nitrogen and oxygen atoms in total. The van der Waals surface area contributed by atoms with Crippen molar-refractivity contribution in [3.63, 3.8) is 0 Å². The highest BCUT2D eigenvalue weighted by molar-refractivity contribution is 6.12. The average Bonchev–Trinajstić information content (AvgIpc) is 3.58. The van der Waals surface area contributed by atoms with E-state index in [1.165, 1.54) is 0 Å². The van der Waals surface area contributed by atoms with E-state index in [9.17, 15) is 0 Å². The minimum Gasteiger partial charge on any atom is -0.439 e. The van der Waals surface area contributed by atoms with Gasteiger partial charge in [0.2, 0.25) is 5.88 Å². The Balaban J connectivity index is 1.32. The highest BCUT2D eigenvalue weighted by atomic mass is 16.5. The third-order valence-electron chi connectivity index (χ3n) is 7.54. The van der Waals surface area contributed by atoms with Crippen LogP contribution in [-0.4, -0.2) is 24.1 Å². The molecule has 0 aliphatic rings. The second kappa shape index (κ2) is 8.88. The summed E-state index contributed by atoms with van der Waals surface area (Å²) in [6.07, 6.45) is 1.73. The van der Waals surface area contributed by atoms with Gasteiger partial charge < -0.3 is 4.74 Å². The van der Waals surface area contributed by atoms with Gasteiger partial charge in [-0.05, 0) is 60.8 Å². The highest BCUT2D eigenvalue weighted by Crippen LogP contribution is 2.41. The van der Waals surface area contributed by atoms with Crippen LogP contribution in [0.15, 0.2) is 97.2 Å². The fourth-order valence-electron chi connectivity index (χ4n) is 5.77. The monoisotopic (exact) mass is 541 g/mol. The van der Waals surface area contributed by atoms with Gasteiger partial charge in [0.1, 0.15) is 17.1 Å². The molecule has 5 aromatic heterocycles. The van der Waals surface area contributed by atoms with Crippen molar-refractivity contribution in [1.29, 1.82) is 0 Å². The minimum atomic E-state index is 0.309. The molecule has 8 heteroatoms. The van der Waals surface area contributed by atoms with Crippen LogP contribution in [0.2, 0.25) is 0 Å². The number of fused-ring (bicyclic) bond motifs is 9. The number of aryl methyl sites for hydroxylation is 1. The van der Waals surface area contributed by atoms with Gasteiger partial charge in [0, 0.05) is 40.0 Å². The van der Waals surface area contributed by atoms with E-state index >= 15 is 0 Å². The van der Waals surface area contributed by atoms with Crippen LogP contribution < -0.4 is 4.74 Å². The summed E-state index contributed by atoms with van der Waals surface area (Å²) in [5, 5.41) is 8.61. The van der Waals surface area contributed by atoms with Crippen LogP contribution in [0, 0.1) is 20.1 Å². The molecule has 0 N–H and O–H groups in total. The van der Waals surface area contributed by atoms with E-state index < -0.39 is 0 Å². The first-order valence-electron chi connectivity index (χ1n) is 13.3. The van der Waals surface area contributed by atoms with Gasteiger partial charge in [0.05, 0.1) is 35.4 Å². The summed E-state index contributed by atoms with van der Waals surface area (Å²) in [7, 11) is 0. The fourth-order valence-corrected chi connectivity index (χ4v) is 5.77. The number of ether oxygens (including phenoxy) is 1. The van der Waals surface area contributed by atoms with Crippen molar-refractivity contribution in [3.05, 3.63) is 126 Å². The van der Waals surface area contributed by atoms with Crippen LogP contribution in [0.4, 0.5) is 11.4 Å². The summed E-state index contributed by atoms with van der Waals surface area (Å²) in [6, 6.07) is 29.2. The molecule has 8 rings (SSSR count). The highest BCUT2D eigenvalue weighted by Gasteiger charge is 2.18. The molecule has 0 aliphatic heterocycles. The summed E-state index contributed by atoms with van der Waals surface area (Å²) in [5.74, 6) is 1.77. The number of rotatable bonds is 3. The van der Waals surface area contributed by atoms with Crippen LogP contribution in [0.5, 0.6) is 11.6 Å². The molecule has 0 aliphatic carbocycles. The molecule has 8 aromatic rings. The van der Waals surface area contributed by atoms with Crippen molar-refractivity contribution in [2.24, 2.45) is 0 Å².